The summed E-state index contributed by atoms with van der Waals surface area (Å²) >= 11 is 0. The molecule has 0 amide bonds. The number of rotatable bonds is 5. The van der Waals surface area contributed by atoms with E-state index in [4.69, 9.17) is 0 Å². The molecule has 0 bridgehead atoms. The zero-order chi connectivity index (χ0) is 12.3. The summed E-state index contributed by atoms with van der Waals surface area (Å²) in [5.41, 5.74) is 0. The van der Waals surface area contributed by atoms with Crippen LogP contribution in [-0.4, -0.2) is 61.7 Å². The van der Waals surface area contributed by atoms with E-state index in [1.807, 2.05) is 0 Å². The summed E-state index contributed by atoms with van der Waals surface area (Å²) in [6, 6.07) is 1.57. The summed E-state index contributed by atoms with van der Waals surface area (Å²) in [5, 5.41) is 3.55. The Labute approximate surface area is 107 Å². The van der Waals surface area contributed by atoms with Crippen molar-refractivity contribution in [3.05, 3.63) is 0 Å². The summed E-state index contributed by atoms with van der Waals surface area (Å²) < 4.78 is 0. The van der Waals surface area contributed by atoms with Gasteiger partial charge in [-0.3, -0.25) is 4.90 Å². The molecule has 2 rings (SSSR count). The first kappa shape index (κ1) is 13.3. The van der Waals surface area contributed by atoms with E-state index in [0.29, 0.717) is 0 Å². The van der Waals surface area contributed by atoms with Crippen LogP contribution in [0.4, 0.5) is 0 Å². The number of hydrogen-bond donors (Lipinski definition) is 1. The van der Waals surface area contributed by atoms with Gasteiger partial charge in [-0.1, -0.05) is 20.3 Å². The van der Waals surface area contributed by atoms with E-state index < -0.39 is 0 Å². The van der Waals surface area contributed by atoms with Gasteiger partial charge in [-0.15, -0.1) is 0 Å². The van der Waals surface area contributed by atoms with Gasteiger partial charge >= 0.3 is 0 Å². The fraction of sp³-hybridized carbons (Fsp3) is 1.00. The Bertz CT molecular complexity index is 232. The molecule has 2 aliphatic heterocycles. The van der Waals surface area contributed by atoms with Crippen LogP contribution in [0.15, 0.2) is 0 Å². The highest BCUT2D eigenvalue weighted by Crippen LogP contribution is 2.22. The highest BCUT2D eigenvalue weighted by Gasteiger charge is 2.32. The van der Waals surface area contributed by atoms with Gasteiger partial charge in [0.15, 0.2) is 0 Å². The quantitative estimate of drug-likeness (QED) is 0.782. The van der Waals surface area contributed by atoms with Gasteiger partial charge in [-0.25, -0.2) is 0 Å². The van der Waals surface area contributed by atoms with Gasteiger partial charge in [0.1, 0.15) is 0 Å². The van der Waals surface area contributed by atoms with Crippen molar-refractivity contribution in [2.45, 2.75) is 45.2 Å². The number of nitrogens with zero attached hydrogens (tertiary/aromatic N) is 2. The van der Waals surface area contributed by atoms with Crippen LogP contribution in [0, 0.1) is 5.92 Å². The Balaban J connectivity index is 1.85. The third kappa shape index (κ3) is 3.01. The molecule has 0 saturated carbocycles. The van der Waals surface area contributed by atoms with Gasteiger partial charge in [-0.05, 0) is 45.4 Å². The molecule has 0 aromatic rings. The predicted octanol–water partition coefficient (Wildman–Crippen LogP) is 1.40. The molecule has 3 unspecified atom stereocenters. The van der Waals surface area contributed by atoms with Crippen LogP contribution in [0.2, 0.25) is 0 Å². The maximum absolute atomic E-state index is 3.55. The lowest BCUT2D eigenvalue weighted by atomic mass is 9.99. The zero-order valence-electron chi connectivity index (χ0n) is 11.8. The van der Waals surface area contributed by atoms with Crippen molar-refractivity contribution < 1.29 is 0 Å². The van der Waals surface area contributed by atoms with Crippen LogP contribution in [0.1, 0.15) is 33.1 Å². The van der Waals surface area contributed by atoms with Gasteiger partial charge in [0.05, 0.1) is 0 Å². The van der Waals surface area contributed by atoms with E-state index in [1.165, 1.54) is 52.0 Å². The molecule has 3 nitrogen and oxygen atoms in total. The minimum Gasteiger partial charge on any atom is -0.315 e. The molecular weight excluding hydrogens is 210 g/mol. The van der Waals surface area contributed by atoms with Crippen LogP contribution < -0.4 is 5.32 Å². The highest BCUT2D eigenvalue weighted by molar-refractivity contribution is 4.89. The molecule has 0 aromatic heterocycles. The Morgan fingerprint density at radius 2 is 2.12 bits per heavy atom. The third-order valence-electron chi connectivity index (χ3n) is 4.80. The van der Waals surface area contributed by atoms with Crippen molar-refractivity contribution in [2.24, 2.45) is 5.92 Å². The van der Waals surface area contributed by atoms with Crippen molar-refractivity contribution in [3.8, 4) is 0 Å². The minimum absolute atomic E-state index is 0.763. The summed E-state index contributed by atoms with van der Waals surface area (Å²) in [6.07, 6.45) is 4.10. The first-order valence-electron chi connectivity index (χ1n) is 7.41. The predicted molar refractivity (Wildman–Crippen MR) is 73.3 cm³/mol. The maximum Gasteiger partial charge on any atom is 0.0258 e. The van der Waals surface area contributed by atoms with Gasteiger partial charge in [-0.2, -0.15) is 0 Å². The Hall–Kier alpha value is -0.120. The summed E-state index contributed by atoms with van der Waals surface area (Å²) in [6.45, 7) is 10.8. The number of likely N-dealkylation sites (N-methyl/N-ethyl adjacent to an activating group) is 2. The van der Waals surface area contributed by atoms with E-state index in [9.17, 15) is 0 Å². The van der Waals surface area contributed by atoms with E-state index in [0.717, 1.165) is 18.0 Å². The Kier molecular flexibility index (Phi) is 4.83. The van der Waals surface area contributed by atoms with Crippen molar-refractivity contribution in [3.63, 3.8) is 0 Å². The van der Waals surface area contributed by atoms with Gasteiger partial charge < -0.3 is 10.2 Å². The average Bonchev–Trinajstić information content (AvgIpc) is 2.96. The topological polar surface area (TPSA) is 18.5 Å². The van der Waals surface area contributed by atoms with Crippen LogP contribution in [-0.2, 0) is 0 Å². The second-order valence-corrected chi connectivity index (χ2v) is 5.76. The second-order valence-electron chi connectivity index (χ2n) is 5.76. The molecule has 100 valence electrons. The smallest absolute Gasteiger partial charge is 0.0258 e. The molecule has 3 heteroatoms. The Morgan fingerprint density at radius 1 is 1.29 bits per heavy atom. The highest BCUT2D eigenvalue weighted by atomic mass is 15.2. The molecule has 17 heavy (non-hydrogen) atoms. The van der Waals surface area contributed by atoms with Gasteiger partial charge in [0.25, 0.3) is 0 Å². The summed E-state index contributed by atoms with van der Waals surface area (Å²) in [4.78, 5) is 5.27. The van der Waals surface area contributed by atoms with Crippen molar-refractivity contribution in [1.82, 2.24) is 15.1 Å². The molecule has 2 aliphatic rings. The van der Waals surface area contributed by atoms with Crippen LogP contribution in [0.5, 0.6) is 0 Å². The van der Waals surface area contributed by atoms with E-state index in [-0.39, 0.29) is 0 Å². The third-order valence-corrected chi connectivity index (χ3v) is 4.80. The molecule has 2 heterocycles. The molecule has 1 N–H and O–H groups in total. The van der Waals surface area contributed by atoms with Crippen LogP contribution in [0.25, 0.3) is 0 Å². The van der Waals surface area contributed by atoms with E-state index in [1.54, 1.807) is 0 Å². The zero-order valence-corrected chi connectivity index (χ0v) is 11.8. The lowest BCUT2D eigenvalue weighted by Crippen LogP contribution is -2.45. The molecule has 2 fully saturated rings. The Morgan fingerprint density at radius 3 is 2.82 bits per heavy atom. The lowest BCUT2D eigenvalue weighted by Gasteiger charge is -2.33. The van der Waals surface area contributed by atoms with Crippen molar-refractivity contribution in [1.29, 1.82) is 0 Å². The molecule has 0 radical (unpaired) electrons. The van der Waals surface area contributed by atoms with Crippen molar-refractivity contribution in [2.75, 3.05) is 39.8 Å². The fourth-order valence-corrected chi connectivity index (χ4v) is 3.64. The van der Waals surface area contributed by atoms with E-state index in [2.05, 4.69) is 36.0 Å². The van der Waals surface area contributed by atoms with Crippen LogP contribution in [0.3, 0.4) is 0 Å². The first-order chi connectivity index (χ1) is 8.26. The molecule has 0 aromatic carbocycles. The fourth-order valence-electron chi connectivity index (χ4n) is 3.64. The minimum atomic E-state index is 0.763. The SMILES string of the molecule is CCC1CNCC1N(C)CC1CCCN1CC. The lowest BCUT2D eigenvalue weighted by molar-refractivity contribution is 0.148. The second kappa shape index (κ2) is 6.17. The van der Waals surface area contributed by atoms with Crippen molar-refractivity contribution >= 4 is 0 Å². The number of likely N-dealkylation sites (tertiary alicyclic amines) is 1. The largest absolute Gasteiger partial charge is 0.315 e. The first-order valence-corrected chi connectivity index (χ1v) is 7.41. The molecule has 2 saturated heterocycles. The van der Waals surface area contributed by atoms with Gasteiger partial charge in [0.2, 0.25) is 0 Å². The standard InChI is InChI=1S/C14H29N3/c1-4-12-9-15-10-14(12)16(3)11-13-7-6-8-17(13)5-2/h12-15H,4-11H2,1-3H3. The summed E-state index contributed by atoms with van der Waals surface area (Å²) in [5.74, 6) is 0.858. The molecule has 3 atom stereocenters. The normalized spacial score (nSPS) is 34.9. The average molecular weight is 239 g/mol. The number of hydrogen-bond acceptors (Lipinski definition) is 3. The monoisotopic (exact) mass is 239 g/mol. The van der Waals surface area contributed by atoms with E-state index >= 15 is 0 Å². The van der Waals surface area contributed by atoms with Crippen LogP contribution >= 0.6 is 0 Å². The number of nitrogens with one attached hydrogen (secondary N) is 1. The van der Waals surface area contributed by atoms with Gasteiger partial charge in [0, 0.05) is 25.2 Å². The molecule has 0 spiro atoms. The maximum atomic E-state index is 3.55. The molecule has 0 aliphatic carbocycles. The molecular formula is C14H29N3. The summed E-state index contributed by atoms with van der Waals surface area (Å²) in [7, 11) is 2.33.